The number of nitrogens with zero attached hydrogens (tertiary/aromatic N) is 3. The first kappa shape index (κ1) is 23.6. The normalized spacial score (nSPS) is 20.0. The van der Waals surface area contributed by atoms with Crippen LogP contribution < -0.4 is 5.32 Å². The SMILES string of the molecule is C[C@@H](C(=O)NCCN1C(=O)CSC1=O)N1CCCN(S(=O)(=O)c2ccc(F)cc2)CC1. The van der Waals surface area contributed by atoms with Crippen molar-refractivity contribution in [2.75, 3.05) is 45.0 Å². The quantitative estimate of drug-likeness (QED) is 0.623. The van der Waals surface area contributed by atoms with E-state index in [9.17, 15) is 27.2 Å². The molecule has 170 valence electrons. The number of thioether (sulfide) groups is 1. The first-order chi connectivity index (χ1) is 14.7. The summed E-state index contributed by atoms with van der Waals surface area (Å²) < 4.78 is 40.1. The standard InChI is InChI=1S/C19H25FN4O5S2/c1-14(18(26)21-7-10-24-17(25)13-30-19(24)27)22-8-2-9-23(12-11-22)31(28,29)16-5-3-15(20)4-6-16/h3-6,14H,2,7-13H2,1H3,(H,21,26)/t14-/m0/s1. The van der Waals surface area contributed by atoms with E-state index in [0.717, 1.165) is 28.8 Å². The van der Waals surface area contributed by atoms with Crippen LogP contribution in [0.5, 0.6) is 0 Å². The van der Waals surface area contributed by atoms with Crippen molar-refractivity contribution in [2.45, 2.75) is 24.3 Å². The molecule has 0 saturated carbocycles. The number of sulfonamides is 1. The van der Waals surface area contributed by atoms with Crippen molar-refractivity contribution in [1.29, 1.82) is 0 Å². The van der Waals surface area contributed by atoms with E-state index in [1.54, 1.807) is 6.92 Å². The van der Waals surface area contributed by atoms with E-state index < -0.39 is 21.9 Å². The average molecular weight is 473 g/mol. The van der Waals surface area contributed by atoms with Crippen LogP contribution in [0.2, 0.25) is 0 Å². The fraction of sp³-hybridized carbons (Fsp3) is 0.526. The van der Waals surface area contributed by atoms with Crippen molar-refractivity contribution in [1.82, 2.24) is 19.4 Å². The molecule has 0 unspecified atom stereocenters. The molecular formula is C19H25FN4O5S2. The molecule has 2 aliphatic heterocycles. The third-order valence-corrected chi connectivity index (χ3v) is 8.11. The van der Waals surface area contributed by atoms with Crippen molar-refractivity contribution in [3.8, 4) is 0 Å². The Bertz CT molecular complexity index is 925. The third kappa shape index (κ3) is 5.62. The Balaban J connectivity index is 1.52. The molecule has 3 amide bonds. The summed E-state index contributed by atoms with van der Waals surface area (Å²) in [6, 6.07) is 4.24. The molecule has 1 aromatic carbocycles. The van der Waals surface area contributed by atoms with E-state index >= 15 is 0 Å². The van der Waals surface area contributed by atoms with Gasteiger partial charge in [-0.2, -0.15) is 4.31 Å². The minimum absolute atomic E-state index is 0.0392. The van der Waals surface area contributed by atoms with Gasteiger partial charge in [0, 0.05) is 39.3 Å². The molecule has 2 saturated heterocycles. The first-order valence-electron chi connectivity index (χ1n) is 9.95. The maximum absolute atomic E-state index is 13.1. The van der Waals surface area contributed by atoms with Crippen LogP contribution in [0.4, 0.5) is 9.18 Å². The Labute approximate surface area is 185 Å². The number of benzene rings is 1. The Morgan fingerprint density at radius 2 is 1.87 bits per heavy atom. The highest BCUT2D eigenvalue weighted by atomic mass is 32.2. The minimum atomic E-state index is -3.74. The number of carbonyl (C=O) groups excluding carboxylic acids is 3. The third-order valence-electron chi connectivity index (χ3n) is 5.34. The molecule has 1 N–H and O–H groups in total. The molecule has 0 aromatic heterocycles. The number of halogens is 1. The summed E-state index contributed by atoms with van der Waals surface area (Å²) in [5.41, 5.74) is 0. The van der Waals surface area contributed by atoms with Crippen LogP contribution in [-0.4, -0.2) is 90.6 Å². The second kappa shape index (κ2) is 10.1. The topological polar surface area (TPSA) is 107 Å². The van der Waals surface area contributed by atoms with Gasteiger partial charge in [0.05, 0.1) is 16.7 Å². The first-order valence-corrected chi connectivity index (χ1v) is 12.4. The second-order valence-electron chi connectivity index (χ2n) is 7.31. The summed E-state index contributed by atoms with van der Waals surface area (Å²) in [4.78, 5) is 38.8. The van der Waals surface area contributed by atoms with E-state index in [2.05, 4.69) is 5.32 Å². The summed E-state index contributed by atoms with van der Waals surface area (Å²) in [5.74, 6) is -0.874. The van der Waals surface area contributed by atoms with Crippen molar-refractivity contribution >= 4 is 38.8 Å². The molecular weight excluding hydrogens is 447 g/mol. The monoisotopic (exact) mass is 472 g/mol. The molecule has 2 heterocycles. The van der Waals surface area contributed by atoms with Gasteiger partial charge in [-0.3, -0.25) is 24.2 Å². The van der Waals surface area contributed by atoms with Gasteiger partial charge in [-0.15, -0.1) is 0 Å². The van der Waals surface area contributed by atoms with Crippen molar-refractivity contribution in [3.63, 3.8) is 0 Å². The highest BCUT2D eigenvalue weighted by Gasteiger charge is 2.31. The Morgan fingerprint density at radius 1 is 1.16 bits per heavy atom. The van der Waals surface area contributed by atoms with Gasteiger partial charge in [-0.25, -0.2) is 12.8 Å². The Morgan fingerprint density at radius 3 is 2.52 bits per heavy atom. The highest BCUT2D eigenvalue weighted by Crippen LogP contribution is 2.19. The van der Waals surface area contributed by atoms with Gasteiger partial charge < -0.3 is 5.32 Å². The Kier molecular flexibility index (Phi) is 7.68. The smallest absolute Gasteiger partial charge is 0.288 e. The zero-order valence-electron chi connectivity index (χ0n) is 17.1. The van der Waals surface area contributed by atoms with E-state index in [0.29, 0.717) is 26.1 Å². The molecule has 3 rings (SSSR count). The predicted octanol–water partition coefficient (Wildman–Crippen LogP) is 0.722. The summed E-state index contributed by atoms with van der Waals surface area (Å²) in [6.45, 7) is 3.47. The van der Waals surface area contributed by atoms with Crippen molar-refractivity contribution < 1.29 is 27.2 Å². The maximum Gasteiger partial charge on any atom is 0.288 e. The van der Waals surface area contributed by atoms with Gasteiger partial charge in [0.15, 0.2) is 0 Å². The van der Waals surface area contributed by atoms with E-state index in [-0.39, 0.29) is 47.3 Å². The van der Waals surface area contributed by atoms with Crippen LogP contribution in [0.15, 0.2) is 29.2 Å². The number of hydrogen-bond acceptors (Lipinski definition) is 7. The number of amides is 3. The van der Waals surface area contributed by atoms with E-state index in [4.69, 9.17) is 0 Å². The summed E-state index contributed by atoms with van der Waals surface area (Å²) in [5, 5.41) is 2.43. The van der Waals surface area contributed by atoms with Crippen LogP contribution in [0.3, 0.4) is 0 Å². The summed E-state index contributed by atoms with van der Waals surface area (Å²) in [6.07, 6.45) is 0.548. The molecule has 0 bridgehead atoms. The van der Waals surface area contributed by atoms with Gasteiger partial charge in [-0.1, -0.05) is 11.8 Å². The second-order valence-corrected chi connectivity index (χ2v) is 10.2. The lowest BCUT2D eigenvalue weighted by Crippen LogP contribution is -2.48. The largest absolute Gasteiger partial charge is 0.353 e. The molecule has 2 aliphatic rings. The number of hydrogen-bond donors (Lipinski definition) is 1. The molecule has 31 heavy (non-hydrogen) atoms. The predicted molar refractivity (Wildman–Crippen MR) is 113 cm³/mol. The zero-order chi connectivity index (χ0) is 22.6. The van der Waals surface area contributed by atoms with Gasteiger partial charge in [0.2, 0.25) is 21.8 Å². The lowest BCUT2D eigenvalue weighted by molar-refractivity contribution is -0.127. The fourth-order valence-corrected chi connectivity index (χ4v) is 5.72. The van der Waals surface area contributed by atoms with Gasteiger partial charge in [-0.05, 0) is 37.6 Å². The van der Waals surface area contributed by atoms with E-state index in [1.165, 1.54) is 16.4 Å². The molecule has 0 spiro atoms. The van der Waals surface area contributed by atoms with Gasteiger partial charge >= 0.3 is 0 Å². The molecule has 9 nitrogen and oxygen atoms in total. The van der Waals surface area contributed by atoms with Crippen LogP contribution in [0, 0.1) is 5.82 Å². The van der Waals surface area contributed by atoms with Crippen molar-refractivity contribution in [3.05, 3.63) is 30.1 Å². The molecule has 12 heteroatoms. The lowest BCUT2D eigenvalue weighted by Gasteiger charge is -2.27. The van der Waals surface area contributed by atoms with Crippen LogP contribution in [0.25, 0.3) is 0 Å². The van der Waals surface area contributed by atoms with Crippen LogP contribution >= 0.6 is 11.8 Å². The molecule has 0 aliphatic carbocycles. The van der Waals surface area contributed by atoms with Crippen LogP contribution in [0.1, 0.15) is 13.3 Å². The van der Waals surface area contributed by atoms with E-state index in [1.807, 2.05) is 4.90 Å². The van der Waals surface area contributed by atoms with Crippen LogP contribution in [-0.2, 0) is 19.6 Å². The minimum Gasteiger partial charge on any atom is -0.353 e. The maximum atomic E-state index is 13.1. The van der Waals surface area contributed by atoms with Gasteiger partial charge in [0.1, 0.15) is 5.82 Å². The average Bonchev–Trinajstić information content (AvgIpc) is 2.94. The number of rotatable bonds is 7. The molecule has 0 radical (unpaired) electrons. The fourth-order valence-electron chi connectivity index (χ4n) is 3.50. The zero-order valence-corrected chi connectivity index (χ0v) is 18.8. The number of carbonyl (C=O) groups is 3. The molecule has 2 fully saturated rings. The summed E-state index contributed by atoms with van der Waals surface area (Å²) >= 11 is 0.949. The van der Waals surface area contributed by atoms with Gasteiger partial charge in [0.25, 0.3) is 5.24 Å². The molecule has 1 atom stereocenters. The molecule has 1 aromatic rings. The highest BCUT2D eigenvalue weighted by molar-refractivity contribution is 8.14. The lowest BCUT2D eigenvalue weighted by atomic mass is 10.2. The number of nitrogens with one attached hydrogen (secondary N) is 1. The summed E-state index contributed by atoms with van der Waals surface area (Å²) in [7, 11) is -3.74. The Hall–Kier alpha value is -2.02. The van der Waals surface area contributed by atoms with Crippen molar-refractivity contribution in [2.24, 2.45) is 0 Å². The number of imide groups is 1.